The molecule has 0 aromatic heterocycles. The molecule has 5 nitrogen and oxygen atoms in total. The van der Waals surface area contributed by atoms with E-state index in [1.54, 1.807) is 7.11 Å². The van der Waals surface area contributed by atoms with Crippen molar-refractivity contribution < 1.29 is 13.2 Å². The summed E-state index contributed by atoms with van der Waals surface area (Å²) in [5.74, 6) is 0. The summed E-state index contributed by atoms with van der Waals surface area (Å²) in [5, 5.41) is 0.226. The maximum absolute atomic E-state index is 12.2. The highest BCUT2D eigenvalue weighted by Crippen LogP contribution is 2.26. The highest BCUT2D eigenvalue weighted by molar-refractivity contribution is 7.89. The van der Waals surface area contributed by atoms with Crippen LogP contribution in [-0.2, 0) is 14.8 Å². The molecule has 1 aliphatic rings. The van der Waals surface area contributed by atoms with Crippen LogP contribution >= 0.6 is 23.8 Å². The summed E-state index contributed by atoms with van der Waals surface area (Å²) >= 11 is 10.8. The first-order valence-corrected chi connectivity index (χ1v) is 8.25. The molecular weight excluding hydrogens is 320 g/mol. The van der Waals surface area contributed by atoms with Crippen molar-refractivity contribution in [2.75, 3.05) is 7.11 Å². The largest absolute Gasteiger partial charge is 0.389 e. The van der Waals surface area contributed by atoms with Gasteiger partial charge in [-0.05, 0) is 31.0 Å². The van der Waals surface area contributed by atoms with Gasteiger partial charge in [-0.3, -0.25) is 0 Å². The van der Waals surface area contributed by atoms with E-state index in [0.29, 0.717) is 18.4 Å². The van der Waals surface area contributed by atoms with Gasteiger partial charge in [-0.2, -0.15) is 0 Å². The van der Waals surface area contributed by atoms with Gasteiger partial charge in [0.15, 0.2) is 0 Å². The molecule has 1 aliphatic carbocycles. The van der Waals surface area contributed by atoms with E-state index in [4.69, 9.17) is 34.3 Å². The second-order valence-corrected chi connectivity index (χ2v) is 7.21. The van der Waals surface area contributed by atoms with Crippen LogP contribution in [0.2, 0.25) is 5.02 Å². The van der Waals surface area contributed by atoms with Crippen LogP contribution < -0.4 is 10.5 Å². The second kappa shape index (κ2) is 5.95. The predicted octanol–water partition coefficient (Wildman–Crippen LogP) is 1.43. The molecule has 20 heavy (non-hydrogen) atoms. The number of methoxy groups -OCH3 is 1. The van der Waals surface area contributed by atoms with Gasteiger partial charge in [-0.25, -0.2) is 13.1 Å². The molecule has 1 fully saturated rings. The molecule has 110 valence electrons. The van der Waals surface area contributed by atoms with Gasteiger partial charge in [0.25, 0.3) is 0 Å². The Kier molecular flexibility index (Phi) is 4.66. The Morgan fingerprint density at radius 2 is 2.15 bits per heavy atom. The van der Waals surface area contributed by atoms with Gasteiger partial charge in [-0.1, -0.05) is 23.8 Å². The summed E-state index contributed by atoms with van der Waals surface area (Å²) in [6, 6.07) is 4.21. The SMILES string of the molecule is COC1CC(NS(=O)(=O)c2ccc(C(N)=S)c(Cl)c2)C1. The van der Waals surface area contributed by atoms with E-state index in [-0.39, 0.29) is 27.1 Å². The minimum absolute atomic E-state index is 0.0982. The summed E-state index contributed by atoms with van der Waals surface area (Å²) in [7, 11) is -1.98. The third-order valence-electron chi connectivity index (χ3n) is 3.27. The van der Waals surface area contributed by atoms with Crippen molar-refractivity contribution in [3.63, 3.8) is 0 Å². The molecule has 0 bridgehead atoms. The minimum atomic E-state index is -3.59. The summed E-state index contributed by atoms with van der Waals surface area (Å²) in [5.41, 5.74) is 5.95. The molecule has 1 saturated carbocycles. The zero-order valence-corrected chi connectivity index (χ0v) is 13.2. The molecule has 8 heteroatoms. The van der Waals surface area contributed by atoms with E-state index in [1.807, 2.05) is 0 Å². The van der Waals surface area contributed by atoms with Crippen LogP contribution in [0.4, 0.5) is 0 Å². The zero-order valence-electron chi connectivity index (χ0n) is 10.8. The van der Waals surface area contributed by atoms with Crippen LogP contribution in [-0.4, -0.2) is 32.7 Å². The normalized spacial score (nSPS) is 22.3. The summed E-state index contributed by atoms with van der Waals surface area (Å²) in [6.07, 6.45) is 1.48. The molecular formula is C12H15ClN2O3S2. The van der Waals surface area contributed by atoms with Gasteiger partial charge in [0.2, 0.25) is 10.0 Å². The van der Waals surface area contributed by atoms with Crippen LogP contribution in [0.5, 0.6) is 0 Å². The molecule has 0 heterocycles. The first-order chi connectivity index (χ1) is 9.33. The number of nitrogens with one attached hydrogen (secondary N) is 1. The van der Waals surface area contributed by atoms with E-state index >= 15 is 0 Å². The first kappa shape index (κ1) is 15.7. The van der Waals surface area contributed by atoms with Crippen LogP contribution in [0.15, 0.2) is 23.1 Å². The highest BCUT2D eigenvalue weighted by atomic mass is 35.5. The maximum atomic E-state index is 12.2. The molecule has 1 aromatic rings. The molecule has 3 N–H and O–H groups in total. The molecule has 0 atom stereocenters. The number of nitrogens with two attached hydrogens (primary N) is 1. The molecule has 0 spiro atoms. The number of sulfonamides is 1. The average Bonchev–Trinajstić information content (AvgIpc) is 2.32. The van der Waals surface area contributed by atoms with Crippen molar-refractivity contribution in [3.05, 3.63) is 28.8 Å². The Labute approximate surface area is 128 Å². The van der Waals surface area contributed by atoms with E-state index < -0.39 is 10.0 Å². The third kappa shape index (κ3) is 3.29. The average molecular weight is 335 g/mol. The highest BCUT2D eigenvalue weighted by Gasteiger charge is 2.32. The third-order valence-corrected chi connectivity index (χ3v) is 5.32. The van der Waals surface area contributed by atoms with Crippen LogP contribution in [0.1, 0.15) is 18.4 Å². The van der Waals surface area contributed by atoms with Crippen molar-refractivity contribution in [1.82, 2.24) is 4.72 Å². The Hall–Kier alpha value is -0.730. The smallest absolute Gasteiger partial charge is 0.240 e. The van der Waals surface area contributed by atoms with Crippen molar-refractivity contribution >= 4 is 38.8 Å². The lowest BCUT2D eigenvalue weighted by Crippen LogP contribution is -2.47. The number of hydrogen-bond donors (Lipinski definition) is 2. The number of rotatable bonds is 5. The summed E-state index contributed by atoms with van der Waals surface area (Å²) in [4.78, 5) is 0.234. The monoisotopic (exact) mass is 334 g/mol. The van der Waals surface area contributed by atoms with Gasteiger partial charge in [0, 0.05) is 18.7 Å². The summed E-state index contributed by atoms with van der Waals surface area (Å²) < 4.78 is 32.1. The quantitative estimate of drug-likeness (QED) is 0.796. The molecule has 0 aliphatic heterocycles. The molecule has 0 unspecified atom stereocenters. The minimum Gasteiger partial charge on any atom is -0.389 e. The van der Waals surface area contributed by atoms with Crippen molar-refractivity contribution in [2.24, 2.45) is 5.73 Å². The number of thiocarbonyl (C=S) groups is 1. The van der Waals surface area contributed by atoms with Crippen LogP contribution in [0.25, 0.3) is 0 Å². The number of ether oxygens (including phenoxy) is 1. The summed E-state index contributed by atoms with van der Waals surface area (Å²) in [6.45, 7) is 0. The number of hydrogen-bond acceptors (Lipinski definition) is 4. The Bertz CT molecular complexity index is 628. The van der Waals surface area contributed by atoms with Crippen LogP contribution in [0.3, 0.4) is 0 Å². The van der Waals surface area contributed by atoms with Crippen molar-refractivity contribution in [3.8, 4) is 0 Å². The molecule has 0 saturated heterocycles. The Balaban J connectivity index is 2.14. The Morgan fingerprint density at radius 1 is 1.50 bits per heavy atom. The van der Waals surface area contributed by atoms with Gasteiger partial charge >= 0.3 is 0 Å². The lowest BCUT2D eigenvalue weighted by molar-refractivity contribution is 0.0236. The fraction of sp³-hybridized carbons (Fsp3) is 0.417. The fourth-order valence-electron chi connectivity index (χ4n) is 2.00. The van der Waals surface area contributed by atoms with E-state index in [0.717, 1.165) is 0 Å². The van der Waals surface area contributed by atoms with Gasteiger partial charge in [0.1, 0.15) is 4.99 Å². The maximum Gasteiger partial charge on any atom is 0.240 e. The molecule has 2 rings (SSSR count). The predicted molar refractivity (Wildman–Crippen MR) is 81.5 cm³/mol. The number of benzene rings is 1. The van der Waals surface area contributed by atoms with E-state index in [2.05, 4.69) is 4.72 Å². The van der Waals surface area contributed by atoms with Gasteiger partial charge < -0.3 is 10.5 Å². The standard InChI is InChI=1S/C12H15ClN2O3S2/c1-18-8-4-7(5-8)15-20(16,17)9-2-3-10(12(14)19)11(13)6-9/h2-3,6-8,15H,4-5H2,1H3,(H2,14,19). The second-order valence-electron chi connectivity index (χ2n) is 4.65. The van der Waals surface area contributed by atoms with Crippen molar-refractivity contribution in [2.45, 2.75) is 29.9 Å². The first-order valence-electron chi connectivity index (χ1n) is 5.98. The van der Waals surface area contributed by atoms with Crippen molar-refractivity contribution in [1.29, 1.82) is 0 Å². The molecule has 1 aromatic carbocycles. The van der Waals surface area contributed by atoms with Gasteiger partial charge in [-0.15, -0.1) is 0 Å². The lowest BCUT2D eigenvalue weighted by atomic mass is 9.90. The fourth-order valence-corrected chi connectivity index (χ4v) is 3.87. The van der Waals surface area contributed by atoms with E-state index in [1.165, 1.54) is 18.2 Å². The topological polar surface area (TPSA) is 81.4 Å². The number of halogens is 1. The molecule has 0 radical (unpaired) electrons. The Morgan fingerprint density at radius 3 is 2.65 bits per heavy atom. The van der Waals surface area contributed by atoms with Gasteiger partial charge in [0.05, 0.1) is 16.0 Å². The molecule has 0 amide bonds. The zero-order chi connectivity index (χ0) is 14.9. The van der Waals surface area contributed by atoms with E-state index in [9.17, 15) is 8.42 Å². The lowest BCUT2D eigenvalue weighted by Gasteiger charge is -2.34. The van der Waals surface area contributed by atoms with Crippen LogP contribution in [0, 0.1) is 0 Å².